The molecule has 0 radical (unpaired) electrons. The summed E-state index contributed by atoms with van der Waals surface area (Å²) in [7, 11) is 0. The first-order chi connectivity index (χ1) is 7.74. The quantitative estimate of drug-likeness (QED) is 0.684. The molecule has 1 aromatic rings. The fourth-order valence-corrected chi connectivity index (χ4v) is 1.52. The summed E-state index contributed by atoms with van der Waals surface area (Å²) < 4.78 is 5.40. The van der Waals surface area contributed by atoms with E-state index < -0.39 is 0 Å². The molecule has 16 heavy (non-hydrogen) atoms. The molecule has 0 aliphatic carbocycles. The summed E-state index contributed by atoms with van der Waals surface area (Å²) in [6, 6.07) is 10.0. The molecule has 3 heteroatoms. The summed E-state index contributed by atoms with van der Waals surface area (Å²) >= 11 is 0. The molecule has 1 rings (SSSR count). The molecule has 0 fully saturated rings. The number of ether oxygens (including phenoxy) is 1. The number of benzene rings is 1. The van der Waals surface area contributed by atoms with Crippen molar-refractivity contribution in [2.45, 2.75) is 31.8 Å². The van der Waals surface area contributed by atoms with Crippen LogP contribution in [-0.2, 0) is 11.2 Å². The molecule has 1 aromatic carbocycles. The Morgan fingerprint density at radius 2 is 1.81 bits per heavy atom. The standard InChI is InChI=1S/C13H22N2O/c1-2-8-16-10-13(15)12(14)9-11-6-4-3-5-7-11/h3-7,12-13H,2,8-10,14-15H2,1H3/t12-,13?/m0/s1. The monoisotopic (exact) mass is 222 g/mol. The first-order valence-corrected chi connectivity index (χ1v) is 5.87. The van der Waals surface area contributed by atoms with Gasteiger partial charge in [-0.25, -0.2) is 0 Å². The smallest absolute Gasteiger partial charge is 0.0632 e. The Bertz CT molecular complexity index is 277. The van der Waals surface area contributed by atoms with E-state index in [2.05, 4.69) is 19.1 Å². The Morgan fingerprint density at radius 3 is 2.44 bits per heavy atom. The topological polar surface area (TPSA) is 61.3 Å². The van der Waals surface area contributed by atoms with E-state index >= 15 is 0 Å². The van der Waals surface area contributed by atoms with Gasteiger partial charge in [-0.3, -0.25) is 0 Å². The minimum Gasteiger partial charge on any atom is -0.380 e. The number of hydrogen-bond acceptors (Lipinski definition) is 3. The summed E-state index contributed by atoms with van der Waals surface area (Å²) in [5.74, 6) is 0. The van der Waals surface area contributed by atoms with Gasteiger partial charge in [0, 0.05) is 18.7 Å². The molecule has 0 spiro atoms. The highest BCUT2D eigenvalue weighted by Gasteiger charge is 2.13. The van der Waals surface area contributed by atoms with E-state index in [1.165, 1.54) is 5.56 Å². The maximum atomic E-state index is 6.03. The van der Waals surface area contributed by atoms with Gasteiger partial charge in [0.25, 0.3) is 0 Å². The molecule has 0 aromatic heterocycles. The molecule has 0 heterocycles. The third-order valence-corrected chi connectivity index (χ3v) is 2.52. The summed E-state index contributed by atoms with van der Waals surface area (Å²) in [5.41, 5.74) is 13.2. The molecule has 2 atom stereocenters. The molecule has 0 saturated carbocycles. The van der Waals surface area contributed by atoms with Crippen molar-refractivity contribution >= 4 is 0 Å². The molecule has 0 aliphatic heterocycles. The first-order valence-electron chi connectivity index (χ1n) is 5.87. The fourth-order valence-electron chi connectivity index (χ4n) is 1.52. The van der Waals surface area contributed by atoms with E-state index in [-0.39, 0.29) is 12.1 Å². The normalized spacial score (nSPS) is 14.7. The van der Waals surface area contributed by atoms with Crippen molar-refractivity contribution in [2.75, 3.05) is 13.2 Å². The van der Waals surface area contributed by atoms with Gasteiger partial charge in [0.2, 0.25) is 0 Å². The maximum absolute atomic E-state index is 6.03. The molecular formula is C13H22N2O. The van der Waals surface area contributed by atoms with Crippen LogP contribution in [0.25, 0.3) is 0 Å². The lowest BCUT2D eigenvalue weighted by Crippen LogP contribution is -2.46. The summed E-state index contributed by atoms with van der Waals surface area (Å²) in [5, 5.41) is 0. The molecule has 90 valence electrons. The molecule has 0 aliphatic rings. The van der Waals surface area contributed by atoms with Gasteiger partial charge in [0.15, 0.2) is 0 Å². The van der Waals surface area contributed by atoms with Crippen LogP contribution in [-0.4, -0.2) is 25.3 Å². The predicted octanol–water partition coefficient (Wildman–Crippen LogP) is 1.31. The second-order valence-corrected chi connectivity index (χ2v) is 4.09. The van der Waals surface area contributed by atoms with Gasteiger partial charge in [0.1, 0.15) is 0 Å². The molecule has 0 amide bonds. The summed E-state index contributed by atoms with van der Waals surface area (Å²) in [4.78, 5) is 0. The van der Waals surface area contributed by atoms with E-state index in [0.717, 1.165) is 19.4 Å². The molecule has 0 bridgehead atoms. The van der Waals surface area contributed by atoms with E-state index in [0.29, 0.717) is 6.61 Å². The fraction of sp³-hybridized carbons (Fsp3) is 0.538. The Kier molecular flexibility index (Phi) is 6.08. The lowest BCUT2D eigenvalue weighted by molar-refractivity contribution is 0.115. The minimum atomic E-state index is -0.0910. The van der Waals surface area contributed by atoms with Crippen LogP contribution >= 0.6 is 0 Å². The molecule has 3 nitrogen and oxygen atoms in total. The van der Waals surface area contributed by atoms with Gasteiger partial charge in [0.05, 0.1) is 6.61 Å². The zero-order valence-electron chi connectivity index (χ0n) is 9.93. The Morgan fingerprint density at radius 1 is 1.12 bits per heavy atom. The Labute approximate surface area is 97.8 Å². The summed E-state index contributed by atoms with van der Waals surface area (Å²) in [6.07, 6.45) is 1.82. The SMILES string of the molecule is CCCOCC(N)[C@@H](N)Cc1ccccc1. The van der Waals surface area contributed by atoms with Crippen molar-refractivity contribution < 1.29 is 4.74 Å². The second kappa shape index (κ2) is 7.39. The van der Waals surface area contributed by atoms with Crippen LogP contribution in [0.1, 0.15) is 18.9 Å². The van der Waals surface area contributed by atoms with Gasteiger partial charge >= 0.3 is 0 Å². The van der Waals surface area contributed by atoms with Crippen molar-refractivity contribution in [1.82, 2.24) is 0 Å². The largest absolute Gasteiger partial charge is 0.380 e. The lowest BCUT2D eigenvalue weighted by atomic mass is 10.0. The Balaban J connectivity index is 2.31. The zero-order valence-corrected chi connectivity index (χ0v) is 9.93. The summed E-state index contributed by atoms with van der Waals surface area (Å²) in [6.45, 7) is 3.38. The van der Waals surface area contributed by atoms with Crippen LogP contribution in [0.3, 0.4) is 0 Å². The van der Waals surface area contributed by atoms with Crippen LogP contribution in [0.2, 0.25) is 0 Å². The molecule has 4 N–H and O–H groups in total. The van der Waals surface area contributed by atoms with Crippen molar-refractivity contribution in [2.24, 2.45) is 11.5 Å². The molecular weight excluding hydrogens is 200 g/mol. The molecule has 0 saturated heterocycles. The highest BCUT2D eigenvalue weighted by molar-refractivity contribution is 5.16. The van der Waals surface area contributed by atoms with Crippen molar-refractivity contribution in [1.29, 1.82) is 0 Å². The van der Waals surface area contributed by atoms with Gasteiger partial charge in [-0.1, -0.05) is 37.3 Å². The first kappa shape index (κ1) is 13.2. The average Bonchev–Trinajstić information content (AvgIpc) is 2.30. The van der Waals surface area contributed by atoms with Crippen LogP contribution in [0.15, 0.2) is 30.3 Å². The highest BCUT2D eigenvalue weighted by Crippen LogP contribution is 2.03. The average molecular weight is 222 g/mol. The van der Waals surface area contributed by atoms with E-state index in [1.54, 1.807) is 0 Å². The van der Waals surface area contributed by atoms with Gasteiger partial charge in [-0.05, 0) is 18.4 Å². The number of rotatable bonds is 7. The zero-order chi connectivity index (χ0) is 11.8. The van der Waals surface area contributed by atoms with E-state index in [4.69, 9.17) is 16.2 Å². The maximum Gasteiger partial charge on any atom is 0.0632 e. The molecule has 1 unspecified atom stereocenters. The second-order valence-electron chi connectivity index (χ2n) is 4.09. The van der Waals surface area contributed by atoms with Crippen molar-refractivity contribution in [3.05, 3.63) is 35.9 Å². The minimum absolute atomic E-state index is 0.0424. The van der Waals surface area contributed by atoms with E-state index in [9.17, 15) is 0 Å². The third kappa shape index (κ3) is 4.75. The lowest BCUT2D eigenvalue weighted by Gasteiger charge is -2.19. The number of nitrogens with two attached hydrogens (primary N) is 2. The van der Waals surface area contributed by atoms with Crippen molar-refractivity contribution in [3.63, 3.8) is 0 Å². The van der Waals surface area contributed by atoms with Crippen LogP contribution < -0.4 is 11.5 Å². The van der Waals surface area contributed by atoms with Crippen LogP contribution in [0.5, 0.6) is 0 Å². The van der Waals surface area contributed by atoms with Crippen LogP contribution in [0.4, 0.5) is 0 Å². The highest BCUT2D eigenvalue weighted by atomic mass is 16.5. The van der Waals surface area contributed by atoms with Gasteiger partial charge < -0.3 is 16.2 Å². The van der Waals surface area contributed by atoms with Gasteiger partial charge in [-0.2, -0.15) is 0 Å². The van der Waals surface area contributed by atoms with E-state index in [1.807, 2.05) is 18.2 Å². The Hall–Kier alpha value is -0.900. The third-order valence-electron chi connectivity index (χ3n) is 2.52. The van der Waals surface area contributed by atoms with Crippen molar-refractivity contribution in [3.8, 4) is 0 Å². The van der Waals surface area contributed by atoms with Crippen LogP contribution in [0, 0.1) is 0 Å². The number of hydrogen-bond donors (Lipinski definition) is 2. The predicted molar refractivity (Wildman–Crippen MR) is 67.2 cm³/mol. The van der Waals surface area contributed by atoms with Gasteiger partial charge in [-0.15, -0.1) is 0 Å².